The van der Waals surface area contributed by atoms with Crippen LogP contribution in [0.5, 0.6) is 0 Å². The molecule has 1 aliphatic rings. The Balaban J connectivity index is 2.37. The van der Waals surface area contributed by atoms with Crippen molar-refractivity contribution < 1.29 is 5.11 Å². The second kappa shape index (κ2) is 8.37. The average molecular weight is 245 g/mol. The number of aliphatic hydroxyl groups is 1. The Morgan fingerprint density at radius 2 is 2.06 bits per heavy atom. The monoisotopic (exact) mass is 245 g/mol. The van der Waals surface area contributed by atoms with Crippen LogP contribution in [0.25, 0.3) is 0 Å². The highest BCUT2D eigenvalue weighted by Crippen LogP contribution is 2.29. The molecule has 0 saturated heterocycles. The Morgan fingerprint density at radius 1 is 1.31 bits per heavy atom. The molecule has 0 aromatic rings. The van der Waals surface area contributed by atoms with Gasteiger partial charge in [0.05, 0.1) is 0 Å². The molecule has 0 amide bonds. The Morgan fingerprint density at radius 3 is 2.75 bits per heavy atom. The molecule has 0 spiro atoms. The maximum atomic E-state index is 9.06. The number of nitrogens with one attached hydrogen (secondary N) is 1. The Hall–Kier alpha value is 0.270. The molecule has 16 heavy (non-hydrogen) atoms. The van der Waals surface area contributed by atoms with Crippen molar-refractivity contribution in [2.75, 3.05) is 18.9 Å². The molecule has 2 N–H and O–H groups in total. The van der Waals surface area contributed by atoms with Gasteiger partial charge in [-0.25, -0.2) is 0 Å². The molecule has 0 aromatic carbocycles. The Kier molecular flexibility index (Phi) is 7.50. The normalized spacial score (nSPS) is 28.7. The minimum atomic E-state index is 0.325. The van der Waals surface area contributed by atoms with Crippen LogP contribution in [-0.2, 0) is 0 Å². The van der Waals surface area contributed by atoms with Crippen LogP contribution < -0.4 is 5.32 Å². The van der Waals surface area contributed by atoms with Gasteiger partial charge in [-0.05, 0) is 31.1 Å². The molecule has 3 unspecified atom stereocenters. The van der Waals surface area contributed by atoms with E-state index in [1.54, 1.807) is 0 Å². The lowest BCUT2D eigenvalue weighted by molar-refractivity contribution is 0.250. The zero-order valence-electron chi connectivity index (χ0n) is 10.7. The highest BCUT2D eigenvalue weighted by Gasteiger charge is 2.23. The van der Waals surface area contributed by atoms with Crippen LogP contribution >= 0.6 is 11.8 Å². The fraction of sp³-hybridized carbons (Fsp3) is 1.00. The third-order valence-corrected chi connectivity index (χ3v) is 5.08. The molecule has 0 aromatic heterocycles. The van der Waals surface area contributed by atoms with Gasteiger partial charge in [-0.3, -0.25) is 0 Å². The summed E-state index contributed by atoms with van der Waals surface area (Å²) in [5.41, 5.74) is 0. The lowest BCUT2D eigenvalue weighted by Crippen LogP contribution is -2.37. The quantitative estimate of drug-likeness (QED) is 0.706. The van der Waals surface area contributed by atoms with Crippen molar-refractivity contribution in [3.8, 4) is 0 Å². The maximum absolute atomic E-state index is 9.06. The van der Waals surface area contributed by atoms with Crippen molar-refractivity contribution in [2.45, 2.75) is 57.2 Å². The van der Waals surface area contributed by atoms with Gasteiger partial charge in [0.25, 0.3) is 0 Å². The average Bonchev–Trinajstić information content (AvgIpc) is 2.52. The van der Waals surface area contributed by atoms with Gasteiger partial charge in [0.15, 0.2) is 0 Å². The van der Waals surface area contributed by atoms with Gasteiger partial charge in [-0.1, -0.05) is 33.1 Å². The summed E-state index contributed by atoms with van der Waals surface area (Å²) in [6.07, 6.45) is 6.84. The van der Waals surface area contributed by atoms with Crippen LogP contribution in [0.4, 0.5) is 0 Å². The van der Waals surface area contributed by atoms with Crippen LogP contribution in [0.3, 0.4) is 0 Å². The molecule has 2 nitrogen and oxygen atoms in total. The Bertz CT molecular complexity index is 177. The van der Waals surface area contributed by atoms with E-state index in [-0.39, 0.29) is 0 Å². The van der Waals surface area contributed by atoms with Crippen LogP contribution in [0.2, 0.25) is 0 Å². The van der Waals surface area contributed by atoms with Gasteiger partial charge < -0.3 is 10.4 Å². The summed E-state index contributed by atoms with van der Waals surface area (Å²) in [5, 5.41) is 13.5. The molecular formula is C13H27NOS. The molecule has 1 saturated carbocycles. The van der Waals surface area contributed by atoms with Crippen molar-refractivity contribution in [3.05, 3.63) is 0 Å². The van der Waals surface area contributed by atoms with E-state index in [1.165, 1.54) is 32.1 Å². The van der Waals surface area contributed by atoms with Gasteiger partial charge in [-0.2, -0.15) is 11.8 Å². The third kappa shape index (κ3) is 5.07. The van der Waals surface area contributed by atoms with Crippen LogP contribution in [0, 0.1) is 5.92 Å². The summed E-state index contributed by atoms with van der Waals surface area (Å²) in [4.78, 5) is 0. The van der Waals surface area contributed by atoms with Gasteiger partial charge in [0.1, 0.15) is 0 Å². The van der Waals surface area contributed by atoms with Crippen molar-refractivity contribution in [1.29, 1.82) is 0 Å². The fourth-order valence-corrected chi connectivity index (χ4v) is 3.79. The van der Waals surface area contributed by atoms with Gasteiger partial charge in [-0.15, -0.1) is 0 Å². The molecule has 3 atom stereocenters. The number of thioether (sulfide) groups is 1. The van der Waals surface area contributed by atoms with E-state index >= 15 is 0 Å². The molecule has 0 radical (unpaired) electrons. The number of aliphatic hydroxyl groups excluding tert-OH is 1. The zero-order chi connectivity index (χ0) is 11.8. The molecule has 0 bridgehead atoms. The predicted molar refractivity (Wildman–Crippen MR) is 73.0 cm³/mol. The van der Waals surface area contributed by atoms with E-state index in [4.69, 9.17) is 5.11 Å². The van der Waals surface area contributed by atoms with E-state index in [9.17, 15) is 0 Å². The summed E-state index contributed by atoms with van der Waals surface area (Å²) in [5.74, 6) is 1.54. The third-order valence-electron chi connectivity index (χ3n) is 3.33. The lowest BCUT2D eigenvalue weighted by Gasteiger charge is -2.26. The standard InChI is InChI=1S/C13H27NOS/c1-3-14-12-7-5-4-6-8-13(12)16-10-11(2)9-15/h11-15H,3-10H2,1-2H3. The lowest BCUT2D eigenvalue weighted by atomic mass is 10.1. The summed E-state index contributed by atoms with van der Waals surface area (Å²) >= 11 is 2.07. The first-order chi connectivity index (χ1) is 7.77. The number of rotatable bonds is 6. The molecule has 1 aliphatic carbocycles. The largest absolute Gasteiger partial charge is 0.396 e. The molecule has 0 heterocycles. The van der Waals surface area contributed by atoms with Crippen LogP contribution in [-0.4, -0.2) is 35.3 Å². The van der Waals surface area contributed by atoms with E-state index < -0.39 is 0 Å². The summed E-state index contributed by atoms with van der Waals surface area (Å²) in [6, 6.07) is 0.698. The van der Waals surface area contributed by atoms with E-state index in [1.807, 2.05) is 0 Å². The summed E-state index contributed by atoms with van der Waals surface area (Å²) in [6.45, 7) is 5.73. The minimum absolute atomic E-state index is 0.325. The molecule has 1 fully saturated rings. The smallest absolute Gasteiger partial charge is 0.0464 e. The van der Waals surface area contributed by atoms with E-state index in [0.717, 1.165) is 17.5 Å². The first kappa shape index (κ1) is 14.3. The molecule has 0 aliphatic heterocycles. The maximum Gasteiger partial charge on any atom is 0.0464 e. The number of hydrogen-bond acceptors (Lipinski definition) is 3. The molecule has 1 rings (SSSR count). The van der Waals surface area contributed by atoms with Gasteiger partial charge >= 0.3 is 0 Å². The highest BCUT2D eigenvalue weighted by molar-refractivity contribution is 7.99. The fourth-order valence-electron chi connectivity index (χ4n) is 2.31. The Labute approximate surface area is 105 Å². The first-order valence-electron chi connectivity index (χ1n) is 6.73. The van der Waals surface area contributed by atoms with Crippen molar-refractivity contribution >= 4 is 11.8 Å². The van der Waals surface area contributed by atoms with Crippen molar-refractivity contribution in [3.63, 3.8) is 0 Å². The SMILES string of the molecule is CCNC1CCCCCC1SCC(C)CO. The summed E-state index contributed by atoms with van der Waals surface area (Å²) < 4.78 is 0. The minimum Gasteiger partial charge on any atom is -0.396 e. The molecule has 96 valence electrons. The predicted octanol–water partition coefficient (Wildman–Crippen LogP) is 2.66. The van der Waals surface area contributed by atoms with Crippen molar-refractivity contribution in [1.82, 2.24) is 5.32 Å². The number of hydrogen-bond donors (Lipinski definition) is 2. The molecule has 3 heteroatoms. The summed E-state index contributed by atoms with van der Waals surface area (Å²) in [7, 11) is 0. The van der Waals surface area contributed by atoms with E-state index in [0.29, 0.717) is 18.6 Å². The zero-order valence-corrected chi connectivity index (χ0v) is 11.6. The topological polar surface area (TPSA) is 32.3 Å². The highest BCUT2D eigenvalue weighted by atomic mass is 32.2. The second-order valence-electron chi connectivity index (χ2n) is 4.96. The molecular weight excluding hydrogens is 218 g/mol. The first-order valence-corrected chi connectivity index (χ1v) is 7.78. The van der Waals surface area contributed by atoms with Crippen LogP contribution in [0.1, 0.15) is 46.0 Å². The van der Waals surface area contributed by atoms with Gasteiger partial charge in [0.2, 0.25) is 0 Å². The van der Waals surface area contributed by atoms with E-state index in [2.05, 4.69) is 30.9 Å². The second-order valence-corrected chi connectivity index (χ2v) is 6.23. The van der Waals surface area contributed by atoms with Gasteiger partial charge in [0, 0.05) is 17.9 Å². The van der Waals surface area contributed by atoms with Crippen molar-refractivity contribution in [2.24, 2.45) is 5.92 Å². The van der Waals surface area contributed by atoms with Crippen LogP contribution in [0.15, 0.2) is 0 Å².